The third-order valence-corrected chi connectivity index (χ3v) is 8.73. The molecule has 0 aliphatic rings. The number of aromatic nitrogens is 5. The van der Waals surface area contributed by atoms with Crippen molar-refractivity contribution in [3.05, 3.63) is 70.4 Å². The van der Waals surface area contributed by atoms with Crippen LogP contribution in [0, 0.1) is 13.8 Å². The van der Waals surface area contributed by atoms with Crippen molar-refractivity contribution in [3.8, 4) is 16.9 Å². The van der Waals surface area contributed by atoms with E-state index in [0.717, 1.165) is 33.4 Å². The molecule has 0 bridgehead atoms. The first-order valence-electron chi connectivity index (χ1n) is 18.6. The fraction of sp³-hybridized carbons (Fsp3) is 0.525. The van der Waals surface area contributed by atoms with Crippen LogP contribution in [0.4, 0.5) is 0 Å². The second-order valence-electron chi connectivity index (χ2n) is 13.9. The molecular weight excluding hydrogens is 710 g/mol. The summed E-state index contributed by atoms with van der Waals surface area (Å²) >= 11 is 0. The Hall–Kier alpha value is -4.67. The molecule has 0 spiro atoms. The molecule has 1 unspecified atom stereocenters. The number of imidazole rings is 1. The number of carbonyl (C=O) groups excluding carboxylic acids is 1. The number of rotatable bonds is 22. The molecule has 298 valence electrons. The molecule has 0 aliphatic carbocycles. The largest absolute Gasteiger partial charge is 0.496 e. The highest BCUT2D eigenvalue weighted by atomic mass is 16.6. The first kappa shape index (κ1) is 41.5. The molecule has 55 heavy (non-hydrogen) atoms. The van der Waals surface area contributed by atoms with Crippen LogP contribution in [0.2, 0.25) is 0 Å². The lowest BCUT2D eigenvalue weighted by atomic mass is 10.00. The van der Waals surface area contributed by atoms with E-state index in [9.17, 15) is 9.59 Å². The van der Waals surface area contributed by atoms with Crippen molar-refractivity contribution in [2.45, 2.75) is 66.2 Å². The summed E-state index contributed by atoms with van der Waals surface area (Å²) in [7, 11) is 1.62. The minimum absolute atomic E-state index is 0.192. The van der Waals surface area contributed by atoms with E-state index in [-0.39, 0.29) is 24.1 Å². The van der Waals surface area contributed by atoms with Gasteiger partial charge in [0.05, 0.1) is 132 Å². The number of benzene rings is 1. The molecule has 5 rings (SSSR count). The smallest absolute Gasteiger partial charge is 0.329 e. The fourth-order valence-electron chi connectivity index (χ4n) is 6.22. The summed E-state index contributed by atoms with van der Waals surface area (Å²) in [5, 5.41) is 4.90. The van der Waals surface area contributed by atoms with Gasteiger partial charge in [-0.2, -0.15) is 0 Å². The topological polar surface area (TPSA) is 160 Å². The molecule has 15 heteroatoms. The molecule has 5 aromatic rings. The lowest BCUT2D eigenvalue weighted by Crippen LogP contribution is -2.28. The van der Waals surface area contributed by atoms with E-state index in [1.54, 1.807) is 28.6 Å². The summed E-state index contributed by atoms with van der Waals surface area (Å²) < 4.78 is 48.0. The third-order valence-electron chi connectivity index (χ3n) is 8.73. The number of pyridine rings is 2. The van der Waals surface area contributed by atoms with Crippen LogP contribution in [-0.4, -0.2) is 109 Å². The van der Waals surface area contributed by atoms with Crippen molar-refractivity contribution in [1.82, 2.24) is 24.3 Å². The SMILES string of the molecule is COc1cc2c(cc1-c1c(C)noc1C)ncc1c2n(C(C)c2ccccn2)c(=O)n1CCOCCOCCOCCOCCOCCC(=O)OC(C)(C)C. The van der Waals surface area contributed by atoms with Crippen LogP contribution in [0.5, 0.6) is 5.75 Å². The number of esters is 1. The van der Waals surface area contributed by atoms with Crippen molar-refractivity contribution in [3.63, 3.8) is 0 Å². The standard InChI is InChI=1S/C40H53N5O10/c1-27-37(29(3)55-43-27)31-24-33-30(25-35(31)48-7)38-34(26-42-33)44(39(47)45(38)28(2)32-10-8-9-12-41-32)13-15-50-17-19-52-21-23-53-22-20-51-18-16-49-14-11-36(46)54-40(4,5)6/h8-10,12,24-26,28H,11,13-23H2,1-7H3. The van der Waals surface area contributed by atoms with Crippen molar-refractivity contribution in [2.24, 2.45) is 0 Å². The van der Waals surface area contributed by atoms with Crippen LogP contribution in [0.1, 0.15) is 57.3 Å². The van der Waals surface area contributed by atoms with Gasteiger partial charge in [-0.05, 0) is 65.8 Å². The van der Waals surface area contributed by atoms with Gasteiger partial charge in [-0.1, -0.05) is 11.2 Å². The Kier molecular flexibility index (Phi) is 14.9. The zero-order chi connectivity index (χ0) is 39.4. The Bertz CT molecular complexity index is 2030. The second kappa shape index (κ2) is 19.8. The highest BCUT2D eigenvalue weighted by Gasteiger charge is 2.24. The molecule has 0 N–H and O–H groups in total. The minimum atomic E-state index is -0.495. The van der Waals surface area contributed by atoms with E-state index in [4.69, 9.17) is 42.7 Å². The molecule has 0 saturated heterocycles. The Balaban J connectivity index is 1.11. The normalized spacial score (nSPS) is 12.5. The van der Waals surface area contributed by atoms with Crippen molar-refractivity contribution in [2.75, 3.05) is 73.2 Å². The summed E-state index contributed by atoms with van der Waals surface area (Å²) in [5.74, 6) is 1.01. The second-order valence-corrected chi connectivity index (χ2v) is 13.9. The predicted octanol–water partition coefficient (Wildman–Crippen LogP) is 5.45. The van der Waals surface area contributed by atoms with Crippen LogP contribution in [-0.2, 0) is 39.8 Å². The van der Waals surface area contributed by atoms with E-state index in [1.807, 2.05) is 71.9 Å². The Morgan fingerprint density at radius 1 is 0.873 bits per heavy atom. The van der Waals surface area contributed by atoms with Gasteiger partial charge in [-0.15, -0.1) is 0 Å². The molecule has 1 aromatic carbocycles. The number of nitrogens with zero attached hydrogens (tertiary/aromatic N) is 5. The number of aryl methyl sites for hydroxylation is 2. The number of carbonyl (C=O) groups is 1. The quantitative estimate of drug-likeness (QED) is 0.0647. The van der Waals surface area contributed by atoms with Gasteiger partial charge >= 0.3 is 11.7 Å². The van der Waals surface area contributed by atoms with Crippen LogP contribution in [0.3, 0.4) is 0 Å². The van der Waals surface area contributed by atoms with Crippen LogP contribution in [0.25, 0.3) is 33.1 Å². The maximum absolute atomic E-state index is 14.2. The molecular formula is C40H53N5O10. The van der Waals surface area contributed by atoms with Gasteiger partial charge in [-0.25, -0.2) is 4.79 Å². The fourth-order valence-corrected chi connectivity index (χ4v) is 6.22. The van der Waals surface area contributed by atoms with Gasteiger partial charge in [0.2, 0.25) is 0 Å². The summed E-state index contributed by atoms with van der Waals surface area (Å²) in [4.78, 5) is 35.2. The van der Waals surface area contributed by atoms with Crippen LogP contribution in [0.15, 0.2) is 52.0 Å². The van der Waals surface area contributed by atoms with Crippen LogP contribution < -0.4 is 10.4 Å². The van der Waals surface area contributed by atoms with Gasteiger partial charge in [0.1, 0.15) is 17.1 Å². The number of ether oxygens (including phenoxy) is 7. The summed E-state index contributed by atoms with van der Waals surface area (Å²) in [6, 6.07) is 9.20. The predicted molar refractivity (Wildman–Crippen MR) is 206 cm³/mol. The molecule has 4 heterocycles. The summed E-state index contributed by atoms with van der Waals surface area (Å²) in [6.07, 6.45) is 3.67. The van der Waals surface area contributed by atoms with E-state index < -0.39 is 5.60 Å². The molecule has 15 nitrogen and oxygen atoms in total. The molecule has 0 amide bonds. The van der Waals surface area contributed by atoms with Gasteiger partial charge in [-0.3, -0.25) is 23.9 Å². The molecule has 1 atom stereocenters. The Morgan fingerprint density at radius 3 is 2.07 bits per heavy atom. The summed E-state index contributed by atoms with van der Waals surface area (Å²) in [5.41, 5.74) is 4.59. The maximum atomic E-state index is 14.2. The number of hydrogen-bond acceptors (Lipinski definition) is 13. The Labute approximate surface area is 320 Å². The highest BCUT2D eigenvalue weighted by Crippen LogP contribution is 2.39. The third kappa shape index (κ3) is 11.0. The molecule has 0 saturated carbocycles. The van der Waals surface area contributed by atoms with Gasteiger partial charge in [0, 0.05) is 17.1 Å². The van der Waals surface area contributed by atoms with Crippen molar-refractivity contribution >= 4 is 27.9 Å². The lowest BCUT2D eigenvalue weighted by Gasteiger charge is -2.19. The van der Waals surface area contributed by atoms with E-state index in [2.05, 4.69) is 10.1 Å². The average molecular weight is 764 g/mol. The monoisotopic (exact) mass is 763 g/mol. The van der Waals surface area contributed by atoms with E-state index >= 15 is 0 Å². The van der Waals surface area contributed by atoms with Gasteiger partial charge in [0.25, 0.3) is 0 Å². The van der Waals surface area contributed by atoms with Gasteiger partial charge < -0.3 is 37.7 Å². The molecule has 4 aromatic heterocycles. The van der Waals surface area contributed by atoms with Crippen molar-refractivity contribution < 1.29 is 42.5 Å². The Morgan fingerprint density at radius 2 is 1.51 bits per heavy atom. The first-order valence-corrected chi connectivity index (χ1v) is 18.6. The average Bonchev–Trinajstić information content (AvgIpc) is 3.65. The zero-order valence-electron chi connectivity index (χ0n) is 32.9. The molecule has 0 radical (unpaired) electrons. The minimum Gasteiger partial charge on any atom is -0.496 e. The highest BCUT2D eigenvalue weighted by molar-refractivity contribution is 6.05. The van der Waals surface area contributed by atoms with Gasteiger partial charge in [0.15, 0.2) is 0 Å². The zero-order valence-corrected chi connectivity index (χ0v) is 32.9. The van der Waals surface area contributed by atoms with Crippen LogP contribution >= 0.6 is 0 Å². The summed E-state index contributed by atoms with van der Waals surface area (Å²) in [6.45, 7) is 15.4. The number of hydrogen-bond donors (Lipinski definition) is 0. The van der Waals surface area contributed by atoms with Crippen molar-refractivity contribution in [1.29, 1.82) is 0 Å². The molecule has 0 fully saturated rings. The number of fused-ring (bicyclic) bond motifs is 3. The molecule has 0 aliphatic heterocycles. The van der Waals surface area contributed by atoms with E-state index in [1.165, 1.54) is 0 Å². The maximum Gasteiger partial charge on any atom is 0.329 e. The lowest BCUT2D eigenvalue weighted by molar-refractivity contribution is -0.156. The number of methoxy groups -OCH3 is 1. The van der Waals surface area contributed by atoms with E-state index in [0.29, 0.717) is 95.2 Å². The first-order chi connectivity index (χ1) is 26.5.